The summed E-state index contributed by atoms with van der Waals surface area (Å²) in [4.78, 5) is 24.1. The lowest BCUT2D eigenvalue weighted by Crippen LogP contribution is -2.20. The zero-order valence-electron chi connectivity index (χ0n) is 17.1. The third-order valence-corrected chi connectivity index (χ3v) is 4.51. The predicted molar refractivity (Wildman–Crippen MR) is 111 cm³/mol. The lowest BCUT2D eigenvalue weighted by Gasteiger charge is -2.12. The maximum absolute atomic E-state index is 12.2. The van der Waals surface area contributed by atoms with E-state index in [9.17, 15) is 9.59 Å². The zero-order valence-corrected chi connectivity index (χ0v) is 17.1. The van der Waals surface area contributed by atoms with Gasteiger partial charge in [0.1, 0.15) is 5.75 Å². The number of amides is 1. The highest BCUT2D eigenvalue weighted by Crippen LogP contribution is 2.23. The second kappa shape index (κ2) is 10.5. The monoisotopic (exact) mass is 383 g/mol. The fourth-order valence-corrected chi connectivity index (χ4v) is 2.78. The van der Waals surface area contributed by atoms with Gasteiger partial charge in [0.05, 0.1) is 12.2 Å². The van der Waals surface area contributed by atoms with Gasteiger partial charge < -0.3 is 14.8 Å². The van der Waals surface area contributed by atoms with Crippen LogP contribution < -0.4 is 10.1 Å². The number of esters is 1. The van der Waals surface area contributed by atoms with Crippen molar-refractivity contribution < 1.29 is 19.1 Å². The van der Waals surface area contributed by atoms with Gasteiger partial charge in [0.15, 0.2) is 6.61 Å². The van der Waals surface area contributed by atoms with Gasteiger partial charge in [-0.1, -0.05) is 25.8 Å². The van der Waals surface area contributed by atoms with Crippen molar-refractivity contribution in [3.05, 3.63) is 58.7 Å². The summed E-state index contributed by atoms with van der Waals surface area (Å²) in [5, 5.41) is 2.77. The highest BCUT2D eigenvalue weighted by Gasteiger charge is 2.10. The van der Waals surface area contributed by atoms with Gasteiger partial charge in [-0.3, -0.25) is 4.79 Å². The van der Waals surface area contributed by atoms with E-state index < -0.39 is 0 Å². The van der Waals surface area contributed by atoms with Gasteiger partial charge in [0.2, 0.25) is 0 Å². The molecule has 0 radical (unpaired) electrons. The number of anilines is 1. The first-order valence-electron chi connectivity index (χ1n) is 9.68. The van der Waals surface area contributed by atoms with Crippen LogP contribution in [-0.4, -0.2) is 25.1 Å². The van der Waals surface area contributed by atoms with E-state index in [0.717, 1.165) is 36.0 Å². The zero-order chi connectivity index (χ0) is 20.5. The molecule has 0 aliphatic rings. The fraction of sp³-hybridized carbons (Fsp3) is 0.391. The van der Waals surface area contributed by atoms with Crippen LogP contribution in [-0.2, 0) is 9.53 Å². The Labute approximate surface area is 167 Å². The number of hydrogen-bond acceptors (Lipinski definition) is 4. The number of carbonyl (C=O) groups excluding carboxylic acids is 2. The largest absolute Gasteiger partial charge is 0.483 e. The molecule has 0 aliphatic carbocycles. The van der Waals surface area contributed by atoms with Crippen molar-refractivity contribution in [1.29, 1.82) is 0 Å². The number of hydrogen-bond donors (Lipinski definition) is 1. The van der Waals surface area contributed by atoms with Crippen molar-refractivity contribution in [2.45, 2.75) is 47.0 Å². The van der Waals surface area contributed by atoms with Gasteiger partial charge in [-0.15, -0.1) is 0 Å². The SMILES string of the molecule is CCCCCOC(=O)c1ccc(NC(=O)COc2cc(C)cc(C)c2C)cc1. The molecule has 28 heavy (non-hydrogen) atoms. The van der Waals surface area contributed by atoms with Crippen LogP contribution in [0.2, 0.25) is 0 Å². The van der Waals surface area contributed by atoms with Crippen molar-refractivity contribution in [1.82, 2.24) is 0 Å². The van der Waals surface area contributed by atoms with Gasteiger partial charge in [-0.25, -0.2) is 4.79 Å². The first-order chi connectivity index (χ1) is 13.4. The van der Waals surface area contributed by atoms with Gasteiger partial charge in [-0.2, -0.15) is 0 Å². The summed E-state index contributed by atoms with van der Waals surface area (Å²) >= 11 is 0. The van der Waals surface area contributed by atoms with Crippen molar-refractivity contribution in [2.24, 2.45) is 0 Å². The van der Waals surface area contributed by atoms with Crippen LogP contribution in [0.5, 0.6) is 5.75 Å². The van der Waals surface area contributed by atoms with E-state index >= 15 is 0 Å². The molecule has 0 aromatic heterocycles. The molecule has 0 atom stereocenters. The molecule has 5 nitrogen and oxygen atoms in total. The normalized spacial score (nSPS) is 10.4. The summed E-state index contributed by atoms with van der Waals surface area (Å²) in [5.74, 6) is 0.116. The highest BCUT2D eigenvalue weighted by molar-refractivity contribution is 5.93. The lowest BCUT2D eigenvalue weighted by molar-refractivity contribution is -0.118. The van der Waals surface area contributed by atoms with Crippen molar-refractivity contribution >= 4 is 17.6 Å². The Kier molecular flexibility index (Phi) is 8.05. The Morgan fingerprint density at radius 3 is 2.39 bits per heavy atom. The number of benzene rings is 2. The van der Waals surface area contributed by atoms with E-state index in [1.54, 1.807) is 24.3 Å². The molecule has 1 N–H and O–H groups in total. The standard InChI is InChI=1S/C23H29NO4/c1-5-6-7-12-27-23(26)19-8-10-20(11-9-19)24-22(25)15-28-21-14-16(2)13-17(3)18(21)4/h8-11,13-14H,5-7,12,15H2,1-4H3,(H,24,25). The molecular weight excluding hydrogens is 354 g/mol. The molecule has 0 saturated carbocycles. The van der Waals surface area contributed by atoms with E-state index in [0.29, 0.717) is 23.6 Å². The third-order valence-electron chi connectivity index (χ3n) is 4.51. The molecule has 0 bridgehead atoms. The Morgan fingerprint density at radius 1 is 1.00 bits per heavy atom. The van der Waals surface area contributed by atoms with Gasteiger partial charge in [0, 0.05) is 5.69 Å². The van der Waals surface area contributed by atoms with E-state index in [-0.39, 0.29) is 18.5 Å². The number of carbonyl (C=O) groups is 2. The number of ether oxygens (including phenoxy) is 2. The second-order valence-corrected chi connectivity index (χ2v) is 6.96. The van der Waals surface area contributed by atoms with Crippen molar-refractivity contribution in [3.63, 3.8) is 0 Å². The number of unbranched alkanes of at least 4 members (excludes halogenated alkanes) is 2. The Morgan fingerprint density at radius 2 is 1.71 bits per heavy atom. The Hall–Kier alpha value is -2.82. The summed E-state index contributed by atoms with van der Waals surface area (Å²) in [6.07, 6.45) is 3.00. The summed E-state index contributed by atoms with van der Waals surface area (Å²) < 4.78 is 10.9. The Balaban J connectivity index is 1.85. The average Bonchev–Trinajstić information content (AvgIpc) is 2.67. The van der Waals surface area contributed by atoms with Gasteiger partial charge in [-0.05, 0) is 74.2 Å². The molecule has 2 aromatic rings. The summed E-state index contributed by atoms with van der Waals surface area (Å²) in [7, 11) is 0. The number of rotatable bonds is 9. The lowest BCUT2D eigenvalue weighted by atomic mass is 10.1. The first kappa shape index (κ1) is 21.5. The summed E-state index contributed by atoms with van der Waals surface area (Å²) in [6.45, 7) is 8.44. The van der Waals surface area contributed by atoms with Crippen LogP contribution in [0.4, 0.5) is 5.69 Å². The van der Waals surface area contributed by atoms with Crippen LogP contribution in [0, 0.1) is 20.8 Å². The average molecular weight is 383 g/mol. The molecule has 1 amide bonds. The molecule has 150 valence electrons. The van der Waals surface area contributed by atoms with Crippen LogP contribution in [0.15, 0.2) is 36.4 Å². The molecule has 0 unspecified atom stereocenters. The Bertz CT molecular complexity index is 812. The van der Waals surface area contributed by atoms with Gasteiger partial charge in [0.25, 0.3) is 5.91 Å². The van der Waals surface area contributed by atoms with E-state index in [2.05, 4.69) is 18.3 Å². The van der Waals surface area contributed by atoms with Crippen LogP contribution in [0.1, 0.15) is 53.2 Å². The molecule has 0 aliphatic heterocycles. The van der Waals surface area contributed by atoms with E-state index in [1.165, 1.54) is 0 Å². The first-order valence-corrected chi connectivity index (χ1v) is 9.68. The smallest absolute Gasteiger partial charge is 0.338 e. The molecular formula is C23H29NO4. The summed E-state index contributed by atoms with van der Waals surface area (Å²) in [5.41, 5.74) is 4.33. The molecule has 0 saturated heterocycles. The van der Waals surface area contributed by atoms with E-state index in [4.69, 9.17) is 9.47 Å². The van der Waals surface area contributed by atoms with Crippen LogP contribution in [0.25, 0.3) is 0 Å². The number of nitrogens with one attached hydrogen (secondary N) is 1. The third kappa shape index (κ3) is 6.41. The molecule has 0 spiro atoms. The molecule has 0 heterocycles. The molecule has 5 heteroatoms. The fourth-order valence-electron chi connectivity index (χ4n) is 2.78. The van der Waals surface area contributed by atoms with Gasteiger partial charge >= 0.3 is 5.97 Å². The van der Waals surface area contributed by atoms with Crippen LogP contribution in [0.3, 0.4) is 0 Å². The van der Waals surface area contributed by atoms with E-state index in [1.807, 2.05) is 26.8 Å². The maximum Gasteiger partial charge on any atom is 0.338 e. The van der Waals surface area contributed by atoms with Crippen molar-refractivity contribution in [2.75, 3.05) is 18.5 Å². The maximum atomic E-state index is 12.2. The summed E-state index contributed by atoms with van der Waals surface area (Å²) in [6, 6.07) is 10.7. The topological polar surface area (TPSA) is 64.6 Å². The van der Waals surface area contributed by atoms with Crippen LogP contribution >= 0.6 is 0 Å². The molecule has 2 aromatic carbocycles. The van der Waals surface area contributed by atoms with Crippen molar-refractivity contribution in [3.8, 4) is 5.75 Å². The predicted octanol–water partition coefficient (Wildman–Crippen LogP) is 4.98. The second-order valence-electron chi connectivity index (χ2n) is 6.96. The minimum absolute atomic E-state index is 0.0784. The number of aryl methyl sites for hydroxylation is 2. The molecule has 0 fully saturated rings. The highest BCUT2D eigenvalue weighted by atomic mass is 16.5. The molecule has 2 rings (SSSR count). The minimum Gasteiger partial charge on any atom is -0.483 e. The minimum atomic E-state index is -0.345. The quantitative estimate of drug-likeness (QED) is 0.490.